The molecular weight excluding hydrogens is 363 g/mol. The average molecular weight is 377 g/mol. The number of hydrogen-bond acceptors (Lipinski definition) is 3. The van der Waals surface area contributed by atoms with Crippen molar-refractivity contribution in [2.45, 2.75) is 6.42 Å². The van der Waals surface area contributed by atoms with E-state index >= 15 is 0 Å². The second kappa shape index (κ2) is 7.79. The van der Waals surface area contributed by atoms with E-state index < -0.39 is 0 Å². The Morgan fingerprint density at radius 3 is 2.38 bits per heavy atom. The van der Waals surface area contributed by atoms with Gasteiger partial charge in [-0.15, -0.1) is 22.9 Å². The number of nitrogens with zero attached hydrogens (tertiary/aromatic N) is 1. The molecule has 1 heterocycles. The first-order chi connectivity index (χ1) is 11.7. The Kier molecular flexibility index (Phi) is 5.51. The minimum atomic E-state index is -0.0866. The third-order valence-corrected chi connectivity index (χ3v) is 4.71. The number of hydrogen-bond donors (Lipinski definition) is 1. The van der Waals surface area contributed by atoms with Gasteiger partial charge < -0.3 is 5.32 Å². The van der Waals surface area contributed by atoms with E-state index in [9.17, 15) is 4.79 Å². The number of nitrogens with one attached hydrogen (secondary N) is 1. The Morgan fingerprint density at radius 1 is 1.04 bits per heavy atom. The van der Waals surface area contributed by atoms with Crippen LogP contribution in [-0.4, -0.2) is 16.8 Å². The monoisotopic (exact) mass is 376 g/mol. The number of thiazole rings is 1. The SMILES string of the molecule is O=C(CCCl)Nc1ccc(-c2csc(-c3ccc(Cl)cc3)n2)cc1. The molecule has 1 aromatic heterocycles. The van der Waals surface area contributed by atoms with Gasteiger partial charge in [-0.2, -0.15) is 0 Å². The molecule has 1 amide bonds. The van der Waals surface area contributed by atoms with Gasteiger partial charge in [-0.1, -0.05) is 35.9 Å². The highest BCUT2D eigenvalue weighted by Gasteiger charge is 2.07. The number of halogens is 2. The zero-order chi connectivity index (χ0) is 16.9. The van der Waals surface area contributed by atoms with E-state index in [0.717, 1.165) is 27.5 Å². The highest BCUT2D eigenvalue weighted by molar-refractivity contribution is 7.13. The van der Waals surface area contributed by atoms with Crippen molar-refractivity contribution in [2.24, 2.45) is 0 Å². The minimum absolute atomic E-state index is 0.0866. The molecule has 2 aromatic carbocycles. The van der Waals surface area contributed by atoms with Crippen LogP contribution in [0.25, 0.3) is 21.8 Å². The van der Waals surface area contributed by atoms with Gasteiger partial charge in [0.05, 0.1) is 5.69 Å². The molecule has 3 rings (SSSR count). The lowest BCUT2D eigenvalue weighted by atomic mass is 10.1. The van der Waals surface area contributed by atoms with E-state index in [0.29, 0.717) is 17.3 Å². The topological polar surface area (TPSA) is 42.0 Å². The van der Waals surface area contributed by atoms with Crippen molar-refractivity contribution < 1.29 is 4.79 Å². The molecule has 3 nitrogen and oxygen atoms in total. The van der Waals surface area contributed by atoms with Gasteiger partial charge in [0, 0.05) is 39.5 Å². The van der Waals surface area contributed by atoms with Gasteiger partial charge in [-0.05, 0) is 24.3 Å². The average Bonchev–Trinajstić information content (AvgIpc) is 3.06. The largest absolute Gasteiger partial charge is 0.326 e. The predicted molar refractivity (Wildman–Crippen MR) is 102 cm³/mol. The Morgan fingerprint density at radius 2 is 1.71 bits per heavy atom. The van der Waals surface area contributed by atoms with E-state index in [4.69, 9.17) is 23.2 Å². The number of carbonyl (C=O) groups excluding carboxylic acids is 1. The summed E-state index contributed by atoms with van der Waals surface area (Å²) in [7, 11) is 0. The molecule has 1 N–H and O–H groups in total. The first-order valence-corrected chi connectivity index (χ1v) is 9.12. The number of aromatic nitrogens is 1. The molecule has 0 aliphatic rings. The van der Waals surface area contributed by atoms with Crippen molar-refractivity contribution in [2.75, 3.05) is 11.2 Å². The van der Waals surface area contributed by atoms with Crippen LogP contribution in [0, 0.1) is 0 Å². The smallest absolute Gasteiger partial charge is 0.225 e. The molecule has 0 saturated heterocycles. The molecule has 0 aliphatic heterocycles. The van der Waals surface area contributed by atoms with Crippen molar-refractivity contribution in [3.63, 3.8) is 0 Å². The van der Waals surface area contributed by atoms with Crippen molar-refractivity contribution in [3.05, 3.63) is 58.9 Å². The summed E-state index contributed by atoms with van der Waals surface area (Å²) in [5.41, 5.74) is 3.70. The van der Waals surface area contributed by atoms with Crippen molar-refractivity contribution in [1.29, 1.82) is 0 Å². The Hall–Kier alpha value is -1.88. The van der Waals surface area contributed by atoms with Gasteiger partial charge in [0.2, 0.25) is 5.91 Å². The van der Waals surface area contributed by atoms with E-state index in [1.54, 1.807) is 11.3 Å². The molecule has 122 valence electrons. The maximum absolute atomic E-state index is 11.5. The van der Waals surface area contributed by atoms with E-state index in [-0.39, 0.29) is 5.91 Å². The van der Waals surface area contributed by atoms with Crippen LogP contribution in [0.1, 0.15) is 6.42 Å². The fourth-order valence-electron chi connectivity index (χ4n) is 2.17. The standard InChI is InChI=1S/C18H14Cl2N2OS/c19-10-9-17(23)21-15-7-3-12(4-8-15)16-11-24-18(22-16)13-1-5-14(20)6-2-13/h1-8,11H,9-10H2,(H,21,23). The van der Waals surface area contributed by atoms with Gasteiger partial charge >= 0.3 is 0 Å². The molecule has 0 spiro atoms. The second-order valence-electron chi connectivity index (χ2n) is 5.11. The van der Waals surface area contributed by atoms with Crippen molar-refractivity contribution >= 4 is 46.1 Å². The summed E-state index contributed by atoms with van der Waals surface area (Å²) in [6, 6.07) is 15.2. The zero-order valence-corrected chi connectivity index (χ0v) is 15.0. The highest BCUT2D eigenvalue weighted by atomic mass is 35.5. The summed E-state index contributed by atoms with van der Waals surface area (Å²) >= 11 is 13.1. The first-order valence-electron chi connectivity index (χ1n) is 7.33. The molecule has 3 aromatic rings. The van der Waals surface area contributed by atoms with E-state index in [1.807, 2.05) is 53.9 Å². The Bertz CT molecular complexity index is 829. The zero-order valence-electron chi connectivity index (χ0n) is 12.6. The molecule has 0 aliphatic carbocycles. The molecular formula is C18H14Cl2N2OS. The highest BCUT2D eigenvalue weighted by Crippen LogP contribution is 2.30. The normalized spacial score (nSPS) is 10.6. The van der Waals surface area contributed by atoms with Gasteiger partial charge in [-0.3, -0.25) is 4.79 Å². The van der Waals surface area contributed by atoms with Crippen LogP contribution in [0.3, 0.4) is 0 Å². The van der Waals surface area contributed by atoms with Crippen molar-refractivity contribution in [3.8, 4) is 21.8 Å². The number of anilines is 1. The van der Waals surface area contributed by atoms with Gasteiger partial charge in [0.25, 0.3) is 0 Å². The van der Waals surface area contributed by atoms with Crippen LogP contribution in [0.5, 0.6) is 0 Å². The summed E-state index contributed by atoms with van der Waals surface area (Å²) in [5, 5.41) is 6.48. The number of rotatable bonds is 5. The summed E-state index contributed by atoms with van der Waals surface area (Å²) in [6.45, 7) is 0. The van der Waals surface area contributed by atoms with E-state index in [1.165, 1.54) is 0 Å². The quantitative estimate of drug-likeness (QED) is 0.580. The predicted octanol–water partition coefficient (Wildman–Crippen LogP) is 5.70. The summed E-state index contributed by atoms with van der Waals surface area (Å²) in [4.78, 5) is 16.2. The van der Waals surface area contributed by atoms with Crippen LogP contribution in [0.15, 0.2) is 53.9 Å². The summed E-state index contributed by atoms with van der Waals surface area (Å²) in [6.07, 6.45) is 0.305. The molecule has 0 bridgehead atoms. The third-order valence-electron chi connectivity index (χ3n) is 3.38. The minimum Gasteiger partial charge on any atom is -0.326 e. The van der Waals surface area contributed by atoms with Crippen LogP contribution < -0.4 is 5.32 Å². The van der Waals surface area contributed by atoms with Crippen molar-refractivity contribution in [1.82, 2.24) is 4.98 Å². The molecule has 0 fully saturated rings. The number of alkyl halides is 1. The lowest BCUT2D eigenvalue weighted by Gasteiger charge is -2.04. The maximum Gasteiger partial charge on any atom is 0.225 e. The second-order valence-corrected chi connectivity index (χ2v) is 6.78. The molecule has 6 heteroatoms. The maximum atomic E-state index is 11.5. The fourth-order valence-corrected chi connectivity index (χ4v) is 3.30. The molecule has 0 atom stereocenters. The number of amides is 1. The number of benzene rings is 2. The fraction of sp³-hybridized carbons (Fsp3) is 0.111. The van der Waals surface area contributed by atoms with Crippen LogP contribution >= 0.6 is 34.5 Å². The van der Waals surface area contributed by atoms with Crippen LogP contribution in [0.4, 0.5) is 5.69 Å². The molecule has 0 unspecified atom stereocenters. The third kappa shape index (κ3) is 4.15. The van der Waals surface area contributed by atoms with Gasteiger partial charge in [0.1, 0.15) is 5.01 Å². The molecule has 24 heavy (non-hydrogen) atoms. The van der Waals surface area contributed by atoms with Crippen LogP contribution in [0.2, 0.25) is 5.02 Å². The van der Waals surface area contributed by atoms with E-state index in [2.05, 4.69) is 10.3 Å². The lowest BCUT2D eigenvalue weighted by Crippen LogP contribution is -2.11. The molecule has 0 saturated carbocycles. The summed E-state index contributed by atoms with van der Waals surface area (Å²) in [5.74, 6) is 0.229. The van der Waals surface area contributed by atoms with Gasteiger partial charge in [-0.25, -0.2) is 4.98 Å². The van der Waals surface area contributed by atoms with Crippen LogP contribution in [-0.2, 0) is 4.79 Å². The number of carbonyl (C=O) groups is 1. The Balaban J connectivity index is 1.75. The first kappa shape index (κ1) is 17.0. The molecule has 0 radical (unpaired) electrons. The van der Waals surface area contributed by atoms with Gasteiger partial charge in [0.15, 0.2) is 0 Å². The lowest BCUT2D eigenvalue weighted by molar-refractivity contribution is -0.115. The Labute approximate surface area is 154 Å². The summed E-state index contributed by atoms with van der Waals surface area (Å²) < 4.78 is 0.